The highest BCUT2D eigenvalue weighted by Crippen LogP contribution is 2.19. The molecule has 9 heteroatoms. The molecule has 0 atom stereocenters. The number of carbonyl (C=O) groups is 2. The monoisotopic (exact) mass is 367 g/mol. The molecule has 0 unspecified atom stereocenters. The van der Waals surface area contributed by atoms with Crippen molar-refractivity contribution >= 4 is 29.9 Å². The standard InChI is InChI=1S/C15H20F3N3O2.ClH/c1-3-8-21(13(23)6-7-19-2)9-12(22)20-11-5-4-10(16)14(17)15(11)18;/h4-5,19H,3,6-9H2,1-2H3,(H,20,22);1H. The summed E-state index contributed by atoms with van der Waals surface area (Å²) in [5, 5.41) is 4.98. The zero-order chi connectivity index (χ0) is 17.4. The van der Waals surface area contributed by atoms with Crippen molar-refractivity contribution in [3.05, 3.63) is 29.6 Å². The molecule has 1 aromatic rings. The van der Waals surface area contributed by atoms with E-state index >= 15 is 0 Å². The number of hydrogen-bond acceptors (Lipinski definition) is 3. The summed E-state index contributed by atoms with van der Waals surface area (Å²) in [5.74, 6) is -5.36. The van der Waals surface area contributed by atoms with E-state index in [9.17, 15) is 22.8 Å². The van der Waals surface area contributed by atoms with Gasteiger partial charge in [-0.2, -0.15) is 0 Å². The lowest BCUT2D eigenvalue weighted by Crippen LogP contribution is -2.39. The predicted octanol–water partition coefficient (Wildman–Crippen LogP) is 2.31. The van der Waals surface area contributed by atoms with Crippen LogP contribution in [0.4, 0.5) is 18.9 Å². The van der Waals surface area contributed by atoms with Crippen LogP contribution in [0.3, 0.4) is 0 Å². The highest BCUT2D eigenvalue weighted by Gasteiger charge is 2.19. The molecule has 0 heterocycles. The van der Waals surface area contributed by atoms with Crippen LogP contribution in [0.2, 0.25) is 0 Å². The van der Waals surface area contributed by atoms with Crippen LogP contribution in [0.1, 0.15) is 19.8 Å². The van der Waals surface area contributed by atoms with Crippen molar-refractivity contribution in [2.45, 2.75) is 19.8 Å². The molecule has 5 nitrogen and oxygen atoms in total. The lowest BCUT2D eigenvalue weighted by molar-refractivity contribution is -0.134. The van der Waals surface area contributed by atoms with E-state index in [0.717, 1.165) is 12.1 Å². The molecule has 0 aliphatic carbocycles. The Kier molecular flexibility index (Phi) is 10.1. The molecule has 0 saturated heterocycles. The lowest BCUT2D eigenvalue weighted by Gasteiger charge is -2.21. The Morgan fingerprint density at radius 3 is 2.42 bits per heavy atom. The molecule has 0 aromatic heterocycles. The van der Waals surface area contributed by atoms with Gasteiger partial charge in [-0.05, 0) is 25.6 Å². The molecule has 1 aromatic carbocycles. The van der Waals surface area contributed by atoms with Crippen LogP contribution < -0.4 is 10.6 Å². The summed E-state index contributed by atoms with van der Waals surface area (Å²) in [5.41, 5.74) is -0.465. The number of carbonyl (C=O) groups excluding carboxylic acids is 2. The molecule has 1 rings (SSSR count). The molecule has 0 spiro atoms. The van der Waals surface area contributed by atoms with Gasteiger partial charge in [-0.3, -0.25) is 9.59 Å². The third kappa shape index (κ3) is 6.37. The van der Waals surface area contributed by atoms with E-state index in [0.29, 0.717) is 19.5 Å². The molecule has 2 amide bonds. The first-order chi connectivity index (χ1) is 10.9. The van der Waals surface area contributed by atoms with Crippen molar-refractivity contribution < 1.29 is 22.8 Å². The fraction of sp³-hybridized carbons (Fsp3) is 0.467. The number of rotatable bonds is 8. The molecular weight excluding hydrogens is 347 g/mol. The zero-order valence-electron chi connectivity index (χ0n) is 13.5. The largest absolute Gasteiger partial charge is 0.333 e. The van der Waals surface area contributed by atoms with Crippen molar-refractivity contribution in [3.63, 3.8) is 0 Å². The summed E-state index contributed by atoms with van der Waals surface area (Å²) < 4.78 is 39.5. The second-order valence-corrected chi connectivity index (χ2v) is 4.94. The van der Waals surface area contributed by atoms with Gasteiger partial charge in [0, 0.05) is 19.5 Å². The summed E-state index contributed by atoms with van der Waals surface area (Å²) in [6.45, 7) is 2.41. The third-order valence-corrected chi connectivity index (χ3v) is 3.08. The van der Waals surface area contributed by atoms with Crippen LogP contribution >= 0.6 is 12.4 Å². The van der Waals surface area contributed by atoms with Crippen molar-refractivity contribution in [3.8, 4) is 0 Å². The average molecular weight is 368 g/mol. The Morgan fingerprint density at radius 1 is 1.17 bits per heavy atom. The van der Waals surface area contributed by atoms with Crippen LogP contribution in [-0.2, 0) is 9.59 Å². The van der Waals surface area contributed by atoms with Crippen LogP contribution in [0, 0.1) is 17.5 Å². The predicted molar refractivity (Wildman–Crippen MR) is 87.6 cm³/mol. The van der Waals surface area contributed by atoms with E-state index in [2.05, 4.69) is 10.6 Å². The van der Waals surface area contributed by atoms with E-state index < -0.39 is 29.0 Å². The molecule has 0 saturated carbocycles. The number of halogens is 4. The smallest absolute Gasteiger partial charge is 0.244 e. The van der Waals surface area contributed by atoms with Crippen LogP contribution in [0.25, 0.3) is 0 Å². The SMILES string of the molecule is CCCN(CC(=O)Nc1ccc(F)c(F)c1F)C(=O)CCNC.Cl. The van der Waals surface area contributed by atoms with E-state index in [1.165, 1.54) is 4.90 Å². The first-order valence-electron chi connectivity index (χ1n) is 7.26. The summed E-state index contributed by atoms with van der Waals surface area (Å²) in [6.07, 6.45) is 0.876. The van der Waals surface area contributed by atoms with E-state index in [1.807, 2.05) is 6.92 Å². The zero-order valence-corrected chi connectivity index (χ0v) is 14.3. The normalized spacial score (nSPS) is 10.0. The van der Waals surface area contributed by atoms with Gasteiger partial charge in [-0.15, -0.1) is 12.4 Å². The molecule has 0 aliphatic rings. The fourth-order valence-electron chi connectivity index (χ4n) is 1.94. The van der Waals surface area contributed by atoms with Crippen molar-refractivity contribution in [1.29, 1.82) is 0 Å². The van der Waals surface area contributed by atoms with Crippen molar-refractivity contribution in [2.24, 2.45) is 0 Å². The van der Waals surface area contributed by atoms with Gasteiger partial charge >= 0.3 is 0 Å². The minimum Gasteiger partial charge on any atom is -0.333 e. The van der Waals surface area contributed by atoms with Gasteiger partial charge in [0.1, 0.15) is 0 Å². The highest BCUT2D eigenvalue weighted by atomic mass is 35.5. The molecule has 0 radical (unpaired) electrons. The minimum absolute atomic E-state index is 0. The Morgan fingerprint density at radius 2 is 1.83 bits per heavy atom. The van der Waals surface area contributed by atoms with Gasteiger partial charge in [0.2, 0.25) is 11.8 Å². The number of amides is 2. The Balaban J connectivity index is 0.00000529. The molecule has 0 fully saturated rings. The highest BCUT2D eigenvalue weighted by molar-refractivity contribution is 5.94. The van der Waals surface area contributed by atoms with Gasteiger partial charge < -0.3 is 15.5 Å². The van der Waals surface area contributed by atoms with E-state index in [4.69, 9.17) is 0 Å². The van der Waals surface area contributed by atoms with E-state index in [1.54, 1.807) is 7.05 Å². The number of hydrogen-bond donors (Lipinski definition) is 2. The Hall–Kier alpha value is -1.80. The molecule has 0 bridgehead atoms. The summed E-state index contributed by atoms with van der Waals surface area (Å²) in [7, 11) is 1.70. The van der Waals surface area contributed by atoms with Gasteiger partial charge in [0.15, 0.2) is 17.5 Å². The van der Waals surface area contributed by atoms with Gasteiger partial charge in [0.05, 0.1) is 12.2 Å². The summed E-state index contributed by atoms with van der Waals surface area (Å²) in [4.78, 5) is 25.2. The first-order valence-corrected chi connectivity index (χ1v) is 7.26. The average Bonchev–Trinajstić information content (AvgIpc) is 2.52. The number of nitrogens with one attached hydrogen (secondary N) is 2. The number of nitrogens with zero attached hydrogens (tertiary/aromatic N) is 1. The van der Waals surface area contributed by atoms with E-state index in [-0.39, 0.29) is 31.3 Å². The maximum absolute atomic E-state index is 13.5. The molecule has 136 valence electrons. The molecule has 0 aliphatic heterocycles. The second kappa shape index (κ2) is 10.9. The second-order valence-electron chi connectivity index (χ2n) is 4.94. The van der Waals surface area contributed by atoms with Crippen LogP contribution in [0.15, 0.2) is 12.1 Å². The van der Waals surface area contributed by atoms with Crippen molar-refractivity contribution in [1.82, 2.24) is 10.2 Å². The summed E-state index contributed by atoms with van der Waals surface area (Å²) >= 11 is 0. The van der Waals surface area contributed by atoms with Crippen LogP contribution in [-0.4, -0.2) is 43.4 Å². The quantitative estimate of drug-likeness (QED) is 0.693. The first kappa shape index (κ1) is 22.2. The topological polar surface area (TPSA) is 61.4 Å². The Bertz CT molecular complexity index is 573. The fourth-order valence-corrected chi connectivity index (χ4v) is 1.94. The van der Waals surface area contributed by atoms with Crippen molar-refractivity contribution in [2.75, 3.05) is 32.0 Å². The Labute approximate surface area is 145 Å². The van der Waals surface area contributed by atoms with Gasteiger partial charge in [0.25, 0.3) is 0 Å². The number of anilines is 1. The van der Waals surface area contributed by atoms with Gasteiger partial charge in [-0.25, -0.2) is 13.2 Å². The minimum atomic E-state index is -1.65. The van der Waals surface area contributed by atoms with Crippen LogP contribution in [0.5, 0.6) is 0 Å². The third-order valence-electron chi connectivity index (χ3n) is 3.08. The number of benzene rings is 1. The summed E-state index contributed by atoms with van der Waals surface area (Å²) in [6, 6.07) is 1.65. The lowest BCUT2D eigenvalue weighted by atomic mass is 10.2. The molecule has 24 heavy (non-hydrogen) atoms. The maximum atomic E-state index is 13.5. The van der Waals surface area contributed by atoms with Gasteiger partial charge in [-0.1, -0.05) is 6.92 Å². The molecule has 2 N–H and O–H groups in total. The maximum Gasteiger partial charge on any atom is 0.244 e. The molecular formula is C15H21ClF3N3O2.